The highest BCUT2D eigenvalue weighted by atomic mass is 35.5. The summed E-state index contributed by atoms with van der Waals surface area (Å²) in [5.74, 6) is -0.0202. The minimum absolute atomic E-state index is 0.0148. The number of morpholine rings is 1. The molecule has 0 saturated carbocycles. The van der Waals surface area contributed by atoms with Gasteiger partial charge in [-0.05, 0) is 19.9 Å². The van der Waals surface area contributed by atoms with E-state index in [4.69, 9.17) is 16.3 Å². The fraction of sp³-hybridized carbons (Fsp3) is 0.400. The van der Waals surface area contributed by atoms with Gasteiger partial charge in [0.2, 0.25) is 5.95 Å². The van der Waals surface area contributed by atoms with Gasteiger partial charge in [-0.15, -0.1) is 0 Å². The van der Waals surface area contributed by atoms with Crippen molar-refractivity contribution >= 4 is 17.4 Å². The Morgan fingerprint density at radius 1 is 1.48 bits per heavy atom. The Bertz CT molecular complexity index is 793. The molecule has 1 fully saturated rings. The molecule has 3 rings (SSSR count). The van der Waals surface area contributed by atoms with Crippen molar-refractivity contribution in [1.82, 2.24) is 15.0 Å². The van der Waals surface area contributed by atoms with Crippen LogP contribution in [0.1, 0.15) is 13.8 Å². The predicted octanol–water partition coefficient (Wildman–Crippen LogP) is 2.24. The first-order chi connectivity index (χ1) is 10.9. The molecule has 23 heavy (non-hydrogen) atoms. The van der Waals surface area contributed by atoms with Gasteiger partial charge in [-0.1, -0.05) is 11.6 Å². The molecule has 1 saturated heterocycles. The van der Waals surface area contributed by atoms with E-state index in [2.05, 4.69) is 15.0 Å². The number of anilines is 1. The van der Waals surface area contributed by atoms with E-state index in [0.717, 1.165) is 0 Å². The van der Waals surface area contributed by atoms with Crippen LogP contribution >= 0.6 is 11.6 Å². The zero-order valence-electron chi connectivity index (χ0n) is 12.8. The van der Waals surface area contributed by atoms with Crippen LogP contribution in [0.4, 0.5) is 10.2 Å². The largest absolute Gasteiger partial charge is 0.372 e. The van der Waals surface area contributed by atoms with Gasteiger partial charge in [-0.3, -0.25) is 4.79 Å². The molecule has 2 aromatic rings. The van der Waals surface area contributed by atoms with Crippen LogP contribution < -0.4 is 10.5 Å². The Hall–Kier alpha value is -1.99. The van der Waals surface area contributed by atoms with E-state index in [1.165, 1.54) is 12.3 Å². The molecule has 0 unspecified atom stereocenters. The van der Waals surface area contributed by atoms with Gasteiger partial charge in [0.15, 0.2) is 5.82 Å². The Morgan fingerprint density at radius 3 is 2.96 bits per heavy atom. The smallest absolute Gasteiger partial charge is 0.272 e. The van der Waals surface area contributed by atoms with E-state index in [-0.39, 0.29) is 16.4 Å². The highest BCUT2D eigenvalue weighted by molar-refractivity contribution is 6.32. The fourth-order valence-corrected chi connectivity index (χ4v) is 2.75. The maximum absolute atomic E-state index is 13.3. The summed E-state index contributed by atoms with van der Waals surface area (Å²) in [5, 5.41) is 0.0148. The van der Waals surface area contributed by atoms with Gasteiger partial charge in [0.05, 0.1) is 12.2 Å². The SMILES string of the molecule is CC1(C)CN(c2nc(-c3ccnc(F)c3)[nH]c(=O)c2Cl)CCO1. The molecule has 6 nitrogen and oxygen atoms in total. The third-order valence-corrected chi connectivity index (χ3v) is 3.91. The lowest BCUT2D eigenvalue weighted by atomic mass is 10.1. The first kappa shape index (κ1) is 15.9. The zero-order chi connectivity index (χ0) is 16.6. The standard InChI is InChI=1S/C15H16ClFN4O2/c1-15(2)8-21(5-6-23-15)13-11(16)14(22)20-12(19-13)9-3-4-18-10(17)7-9/h3-4,7H,5-6,8H2,1-2H3,(H,19,20,22). The summed E-state index contributed by atoms with van der Waals surface area (Å²) in [7, 11) is 0. The van der Waals surface area contributed by atoms with Crippen LogP contribution in [0.15, 0.2) is 23.1 Å². The lowest BCUT2D eigenvalue weighted by molar-refractivity contribution is -0.0279. The number of nitrogens with zero attached hydrogens (tertiary/aromatic N) is 3. The van der Waals surface area contributed by atoms with Crippen LogP contribution in [0.5, 0.6) is 0 Å². The number of hydrogen-bond donors (Lipinski definition) is 1. The van der Waals surface area contributed by atoms with Crippen molar-refractivity contribution in [2.24, 2.45) is 0 Å². The number of rotatable bonds is 2. The van der Waals surface area contributed by atoms with Crippen molar-refractivity contribution in [2.75, 3.05) is 24.6 Å². The summed E-state index contributed by atoms with van der Waals surface area (Å²) in [6.45, 7) is 5.55. The van der Waals surface area contributed by atoms with Crippen molar-refractivity contribution in [2.45, 2.75) is 19.4 Å². The molecule has 1 N–H and O–H groups in total. The van der Waals surface area contributed by atoms with Crippen molar-refractivity contribution in [3.05, 3.63) is 39.7 Å². The average molecular weight is 339 g/mol. The lowest BCUT2D eigenvalue weighted by Crippen LogP contribution is -2.49. The Balaban J connectivity index is 2.05. The Morgan fingerprint density at radius 2 is 2.26 bits per heavy atom. The molecule has 0 amide bonds. The number of ether oxygens (including phenoxy) is 1. The normalized spacial score (nSPS) is 17.3. The first-order valence-electron chi connectivity index (χ1n) is 7.16. The number of hydrogen-bond acceptors (Lipinski definition) is 5. The summed E-state index contributed by atoms with van der Waals surface area (Å²) in [5.41, 5.74) is -0.400. The van der Waals surface area contributed by atoms with Gasteiger partial charge in [0.1, 0.15) is 10.8 Å². The molecule has 1 aliphatic rings. The van der Waals surface area contributed by atoms with Gasteiger partial charge in [-0.2, -0.15) is 4.39 Å². The molecule has 8 heteroatoms. The average Bonchev–Trinajstić information content (AvgIpc) is 2.49. The van der Waals surface area contributed by atoms with Crippen molar-refractivity contribution in [3.8, 4) is 11.4 Å². The maximum Gasteiger partial charge on any atom is 0.272 e. The van der Waals surface area contributed by atoms with Crippen molar-refractivity contribution in [1.29, 1.82) is 0 Å². The van der Waals surface area contributed by atoms with Gasteiger partial charge < -0.3 is 14.6 Å². The fourth-order valence-electron chi connectivity index (χ4n) is 2.54. The van der Waals surface area contributed by atoms with E-state index < -0.39 is 11.5 Å². The van der Waals surface area contributed by atoms with Gasteiger partial charge in [0.25, 0.3) is 5.56 Å². The number of H-pyrrole nitrogens is 1. The molecule has 0 aromatic carbocycles. The molecule has 3 heterocycles. The quantitative estimate of drug-likeness (QED) is 0.850. The van der Waals surface area contributed by atoms with Crippen molar-refractivity contribution < 1.29 is 9.13 Å². The van der Waals surface area contributed by atoms with E-state index in [9.17, 15) is 9.18 Å². The molecule has 2 aromatic heterocycles. The predicted molar refractivity (Wildman–Crippen MR) is 85.3 cm³/mol. The summed E-state index contributed by atoms with van der Waals surface area (Å²) in [6, 6.07) is 2.78. The van der Waals surface area contributed by atoms with E-state index in [1.807, 2.05) is 18.7 Å². The lowest BCUT2D eigenvalue weighted by Gasteiger charge is -2.39. The second-order valence-electron chi connectivity index (χ2n) is 5.95. The summed E-state index contributed by atoms with van der Waals surface area (Å²) < 4.78 is 19.0. The molecule has 0 aliphatic carbocycles. The molecular formula is C15H16ClFN4O2. The van der Waals surface area contributed by atoms with Crippen LogP contribution in [0.2, 0.25) is 5.02 Å². The molecule has 0 spiro atoms. The highest BCUT2D eigenvalue weighted by Gasteiger charge is 2.30. The Labute approximate surface area is 137 Å². The second-order valence-corrected chi connectivity index (χ2v) is 6.33. The monoisotopic (exact) mass is 338 g/mol. The second kappa shape index (κ2) is 5.90. The molecule has 0 bridgehead atoms. The third kappa shape index (κ3) is 3.35. The summed E-state index contributed by atoms with van der Waals surface area (Å²) >= 11 is 6.14. The van der Waals surface area contributed by atoms with Crippen LogP contribution in [0.3, 0.4) is 0 Å². The van der Waals surface area contributed by atoms with Crippen LogP contribution in [0.25, 0.3) is 11.4 Å². The Kier molecular flexibility index (Phi) is 4.08. The molecular weight excluding hydrogens is 323 g/mol. The highest BCUT2D eigenvalue weighted by Crippen LogP contribution is 2.27. The topological polar surface area (TPSA) is 71.1 Å². The third-order valence-electron chi connectivity index (χ3n) is 3.57. The van der Waals surface area contributed by atoms with Gasteiger partial charge in [-0.25, -0.2) is 9.97 Å². The van der Waals surface area contributed by atoms with Crippen LogP contribution in [-0.2, 0) is 4.74 Å². The first-order valence-corrected chi connectivity index (χ1v) is 7.54. The van der Waals surface area contributed by atoms with Crippen LogP contribution in [0, 0.1) is 5.95 Å². The number of aromatic amines is 1. The van der Waals surface area contributed by atoms with E-state index in [0.29, 0.717) is 31.1 Å². The number of aromatic nitrogens is 3. The van der Waals surface area contributed by atoms with E-state index >= 15 is 0 Å². The molecule has 122 valence electrons. The molecule has 1 aliphatic heterocycles. The summed E-state index contributed by atoms with van der Waals surface area (Å²) in [4.78, 5) is 24.5. The number of halogens is 2. The molecule has 0 radical (unpaired) electrons. The number of pyridine rings is 1. The van der Waals surface area contributed by atoms with Crippen molar-refractivity contribution in [3.63, 3.8) is 0 Å². The minimum atomic E-state index is -0.644. The van der Waals surface area contributed by atoms with Crippen LogP contribution in [-0.4, -0.2) is 40.2 Å². The zero-order valence-corrected chi connectivity index (χ0v) is 13.5. The minimum Gasteiger partial charge on any atom is -0.372 e. The maximum atomic E-state index is 13.3. The van der Waals surface area contributed by atoms with E-state index in [1.54, 1.807) is 6.07 Å². The number of nitrogens with one attached hydrogen (secondary N) is 1. The summed E-state index contributed by atoms with van der Waals surface area (Å²) in [6.07, 6.45) is 1.32. The van der Waals surface area contributed by atoms with Gasteiger partial charge in [0, 0.05) is 30.9 Å². The van der Waals surface area contributed by atoms with Gasteiger partial charge >= 0.3 is 0 Å². The molecule has 0 atom stereocenters.